The molecule has 0 radical (unpaired) electrons. The van der Waals surface area contributed by atoms with E-state index in [2.05, 4.69) is 6.92 Å². The Morgan fingerprint density at radius 3 is 1.67 bits per heavy atom. The lowest BCUT2D eigenvalue weighted by Gasteiger charge is -2.07. The second kappa shape index (κ2) is 19.3. The van der Waals surface area contributed by atoms with Crippen molar-refractivity contribution in [2.45, 2.75) is 110 Å². The lowest BCUT2D eigenvalue weighted by atomic mass is 10.1. The molecule has 0 N–H and O–H groups in total. The number of unbranched alkanes of at least 4 members (excludes halogenated alkanes) is 12. The summed E-state index contributed by atoms with van der Waals surface area (Å²) in [7, 11) is 0. The average molecular weight is 522 g/mol. The molecule has 1 aromatic rings. The maximum atomic E-state index is 11.9. The molecular formula is C26H39Cl3O4. The zero-order valence-electron chi connectivity index (χ0n) is 19.9. The Hall–Kier alpha value is -0.970. The van der Waals surface area contributed by atoms with Gasteiger partial charge in [-0.3, -0.25) is 9.59 Å². The number of rotatable bonds is 19. The molecule has 0 amide bonds. The van der Waals surface area contributed by atoms with Crippen molar-refractivity contribution in [3.8, 4) is 5.75 Å². The van der Waals surface area contributed by atoms with E-state index < -0.39 is 0 Å². The number of hydrogen-bond acceptors (Lipinski definition) is 4. The van der Waals surface area contributed by atoms with Crippen molar-refractivity contribution < 1.29 is 19.1 Å². The van der Waals surface area contributed by atoms with Gasteiger partial charge in [-0.1, -0.05) is 112 Å². The van der Waals surface area contributed by atoms with E-state index in [1.165, 1.54) is 50.7 Å². The van der Waals surface area contributed by atoms with Gasteiger partial charge in [-0.25, -0.2) is 0 Å². The predicted molar refractivity (Wildman–Crippen MR) is 138 cm³/mol. The maximum Gasteiger partial charge on any atom is 0.311 e. The van der Waals surface area contributed by atoms with Crippen LogP contribution in [-0.4, -0.2) is 18.5 Å². The van der Waals surface area contributed by atoms with Crippen LogP contribution >= 0.6 is 34.8 Å². The molecule has 0 aromatic heterocycles. The number of carbonyl (C=O) groups excluding carboxylic acids is 2. The third kappa shape index (κ3) is 15.5. The molecule has 188 valence electrons. The summed E-state index contributed by atoms with van der Waals surface area (Å²) < 4.78 is 10.6. The molecule has 1 rings (SSSR count). The van der Waals surface area contributed by atoms with Crippen LogP contribution in [0, 0.1) is 0 Å². The maximum absolute atomic E-state index is 11.9. The van der Waals surface area contributed by atoms with Crippen molar-refractivity contribution in [3.05, 3.63) is 27.2 Å². The van der Waals surface area contributed by atoms with E-state index in [9.17, 15) is 9.59 Å². The van der Waals surface area contributed by atoms with Crippen LogP contribution in [-0.2, 0) is 14.3 Å². The monoisotopic (exact) mass is 520 g/mol. The zero-order valence-corrected chi connectivity index (χ0v) is 22.2. The van der Waals surface area contributed by atoms with Crippen LogP contribution in [0.25, 0.3) is 0 Å². The molecule has 0 unspecified atom stereocenters. The van der Waals surface area contributed by atoms with Gasteiger partial charge in [0.05, 0.1) is 21.7 Å². The van der Waals surface area contributed by atoms with Gasteiger partial charge < -0.3 is 9.47 Å². The molecule has 0 heterocycles. The largest absolute Gasteiger partial charge is 0.466 e. The molecule has 0 saturated heterocycles. The van der Waals surface area contributed by atoms with E-state index in [0.717, 1.165) is 51.4 Å². The van der Waals surface area contributed by atoms with E-state index >= 15 is 0 Å². The van der Waals surface area contributed by atoms with Gasteiger partial charge in [0.2, 0.25) is 0 Å². The summed E-state index contributed by atoms with van der Waals surface area (Å²) in [5, 5.41) is 0.753. The fourth-order valence-corrected chi connectivity index (χ4v) is 4.09. The first-order valence-corrected chi connectivity index (χ1v) is 13.6. The Morgan fingerprint density at radius 1 is 0.667 bits per heavy atom. The van der Waals surface area contributed by atoms with Crippen molar-refractivity contribution in [1.82, 2.24) is 0 Å². The topological polar surface area (TPSA) is 52.6 Å². The van der Waals surface area contributed by atoms with Crippen molar-refractivity contribution in [3.63, 3.8) is 0 Å². The molecule has 0 spiro atoms. The number of carbonyl (C=O) groups is 2. The molecule has 33 heavy (non-hydrogen) atoms. The highest BCUT2D eigenvalue weighted by Crippen LogP contribution is 2.34. The molecule has 7 heteroatoms. The Bertz CT molecular complexity index is 671. The summed E-state index contributed by atoms with van der Waals surface area (Å²) in [4.78, 5) is 23.7. The molecule has 0 aliphatic carbocycles. The molecule has 0 bridgehead atoms. The first kappa shape index (κ1) is 30.1. The van der Waals surface area contributed by atoms with Crippen LogP contribution in [0.4, 0.5) is 0 Å². The Labute approximate surface area is 214 Å². The standard InChI is InChI=1S/C26H39Cl3O4/c1-2-3-4-5-6-9-12-15-18-32-24(30)16-13-10-7-8-11-14-17-25(31)33-21-19-22(27)26(29)23(28)20-21/h19-20H,2-18H2,1H3. The third-order valence-corrected chi connectivity index (χ3v) is 6.66. The predicted octanol–water partition coefficient (Wildman–Crippen LogP) is 9.36. The van der Waals surface area contributed by atoms with E-state index in [1.807, 2.05) is 0 Å². The van der Waals surface area contributed by atoms with Crippen LogP contribution < -0.4 is 4.74 Å². The van der Waals surface area contributed by atoms with Gasteiger partial charge in [-0.2, -0.15) is 0 Å². The van der Waals surface area contributed by atoms with Crippen molar-refractivity contribution in [2.24, 2.45) is 0 Å². The van der Waals surface area contributed by atoms with Crippen molar-refractivity contribution >= 4 is 46.7 Å². The van der Waals surface area contributed by atoms with Crippen LogP contribution in [0.3, 0.4) is 0 Å². The highest BCUT2D eigenvalue weighted by Gasteiger charge is 2.10. The van der Waals surface area contributed by atoms with Gasteiger partial charge in [-0.05, 0) is 19.3 Å². The van der Waals surface area contributed by atoms with Gasteiger partial charge >= 0.3 is 11.9 Å². The minimum atomic E-state index is -0.316. The Morgan fingerprint density at radius 2 is 1.12 bits per heavy atom. The number of benzene rings is 1. The molecule has 4 nitrogen and oxygen atoms in total. The summed E-state index contributed by atoms with van der Waals surface area (Å²) in [6, 6.07) is 2.96. The van der Waals surface area contributed by atoms with E-state index in [-0.39, 0.29) is 27.0 Å². The summed E-state index contributed by atoms with van der Waals surface area (Å²) in [5.41, 5.74) is 0. The van der Waals surface area contributed by atoms with Gasteiger partial charge in [-0.15, -0.1) is 0 Å². The SMILES string of the molecule is CCCCCCCCCCOC(=O)CCCCCCCCC(=O)Oc1cc(Cl)c(Cl)c(Cl)c1. The van der Waals surface area contributed by atoms with Gasteiger partial charge in [0, 0.05) is 25.0 Å². The minimum Gasteiger partial charge on any atom is -0.466 e. The Kier molecular flexibility index (Phi) is 17.6. The zero-order chi connectivity index (χ0) is 24.3. The van der Waals surface area contributed by atoms with Crippen molar-refractivity contribution in [1.29, 1.82) is 0 Å². The lowest BCUT2D eigenvalue weighted by Crippen LogP contribution is -2.07. The van der Waals surface area contributed by atoms with Gasteiger partial charge in [0.1, 0.15) is 5.75 Å². The van der Waals surface area contributed by atoms with E-state index in [4.69, 9.17) is 44.3 Å². The molecule has 0 saturated carbocycles. The fraction of sp³-hybridized carbons (Fsp3) is 0.692. The highest BCUT2D eigenvalue weighted by atomic mass is 35.5. The van der Waals surface area contributed by atoms with Crippen molar-refractivity contribution in [2.75, 3.05) is 6.61 Å². The Balaban J connectivity index is 1.92. The number of ether oxygens (including phenoxy) is 2. The van der Waals surface area contributed by atoms with E-state index in [1.54, 1.807) is 0 Å². The first-order valence-electron chi connectivity index (χ1n) is 12.4. The van der Waals surface area contributed by atoms with Crippen LogP contribution in [0.15, 0.2) is 12.1 Å². The highest BCUT2D eigenvalue weighted by molar-refractivity contribution is 6.48. The fourth-order valence-electron chi connectivity index (χ4n) is 3.51. The smallest absolute Gasteiger partial charge is 0.311 e. The number of hydrogen-bond donors (Lipinski definition) is 0. The summed E-state index contributed by atoms with van der Waals surface area (Å²) in [6.45, 7) is 2.79. The number of halogens is 3. The van der Waals surface area contributed by atoms with Crippen LogP contribution in [0.2, 0.25) is 15.1 Å². The van der Waals surface area contributed by atoms with Gasteiger partial charge in [0.25, 0.3) is 0 Å². The third-order valence-electron chi connectivity index (χ3n) is 5.46. The minimum absolute atomic E-state index is 0.0805. The van der Waals surface area contributed by atoms with Crippen LogP contribution in [0.5, 0.6) is 5.75 Å². The molecule has 0 aliphatic rings. The summed E-state index contributed by atoms with van der Waals surface area (Å²) in [6.07, 6.45) is 16.4. The second-order valence-electron chi connectivity index (χ2n) is 8.49. The average Bonchev–Trinajstić information content (AvgIpc) is 2.78. The molecule has 0 fully saturated rings. The quantitative estimate of drug-likeness (QED) is 0.0787. The summed E-state index contributed by atoms with van der Waals surface area (Å²) in [5.74, 6) is -0.0968. The van der Waals surface area contributed by atoms with Crippen LogP contribution in [0.1, 0.15) is 110 Å². The summed E-state index contributed by atoms with van der Waals surface area (Å²) >= 11 is 17.8. The normalized spacial score (nSPS) is 10.9. The molecule has 0 aliphatic heterocycles. The molecule has 1 aromatic carbocycles. The first-order chi connectivity index (χ1) is 15.9. The number of esters is 2. The molecular weight excluding hydrogens is 483 g/mol. The van der Waals surface area contributed by atoms with Gasteiger partial charge in [0.15, 0.2) is 0 Å². The molecule has 0 atom stereocenters. The lowest BCUT2D eigenvalue weighted by molar-refractivity contribution is -0.144. The van der Waals surface area contributed by atoms with E-state index in [0.29, 0.717) is 25.2 Å². The second-order valence-corrected chi connectivity index (χ2v) is 9.68.